The normalized spacial score (nSPS) is 16.7. The lowest BCUT2D eigenvalue weighted by Gasteiger charge is -2.40. The maximum atomic E-state index is 13.1. The van der Waals surface area contributed by atoms with Gasteiger partial charge in [0, 0.05) is 19.7 Å². The number of amides is 1. The average Bonchev–Trinajstić information content (AvgIpc) is 3.13. The summed E-state index contributed by atoms with van der Waals surface area (Å²) in [7, 11) is 5.28. The van der Waals surface area contributed by atoms with E-state index in [1.165, 1.54) is 11.8 Å². The van der Waals surface area contributed by atoms with E-state index >= 15 is 0 Å². The first-order chi connectivity index (χ1) is 13.9. The van der Waals surface area contributed by atoms with Crippen molar-refractivity contribution >= 4 is 17.7 Å². The summed E-state index contributed by atoms with van der Waals surface area (Å²) < 4.78 is 7.08. The first-order valence-corrected chi connectivity index (χ1v) is 10.7. The van der Waals surface area contributed by atoms with Crippen LogP contribution in [0, 0.1) is 11.3 Å². The van der Waals surface area contributed by atoms with Gasteiger partial charge in [-0.25, -0.2) is 0 Å². The van der Waals surface area contributed by atoms with Crippen LogP contribution in [0.3, 0.4) is 0 Å². The van der Waals surface area contributed by atoms with Crippen LogP contribution in [0.5, 0.6) is 5.75 Å². The van der Waals surface area contributed by atoms with E-state index in [0.717, 1.165) is 49.2 Å². The van der Waals surface area contributed by atoms with Gasteiger partial charge in [0.15, 0.2) is 11.0 Å². The van der Waals surface area contributed by atoms with Gasteiger partial charge in [-0.2, -0.15) is 5.26 Å². The Morgan fingerprint density at radius 3 is 2.52 bits per heavy atom. The van der Waals surface area contributed by atoms with Crippen LogP contribution >= 0.6 is 11.8 Å². The molecule has 2 aromatic rings. The molecule has 29 heavy (non-hydrogen) atoms. The highest BCUT2D eigenvalue weighted by atomic mass is 32.2. The summed E-state index contributed by atoms with van der Waals surface area (Å²) in [6.45, 7) is 1.86. The van der Waals surface area contributed by atoms with Crippen LogP contribution in [-0.4, -0.2) is 50.5 Å². The fourth-order valence-electron chi connectivity index (χ4n) is 3.76. The van der Waals surface area contributed by atoms with Crippen molar-refractivity contribution in [2.75, 3.05) is 14.2 Å². The predicted octanol–water partition coefficient (Wildman–Crippen LogP) is 3.66. The summed E-state index contributed by atoms with van der Waals surface area (Å²) in [5, 5.41) is 18.6. The summed E-state index contributed by atoms with van der Waals surface area (Å²) in [6.07, 6.45) is 4.59. The van der Waals surface area contributed by atoms with Gasteiger partial charge in [0.25, 0.3) is 0 Å². The van der Waals surface area contributed by atoms with Crippen molar-refractivity contribution in [1.82, 2.24) is 19.7 Å². The van der Waals surface area contributed by atoms with Gasteiger partial charge < -0.3 is 14.2 Å². The number of rotatable bonds is 6. The number of carbonyl (C=O) groups excluding carboxylic acids is 1. The standard InChI is InChI=1S/C21H27N5O2S/c1-15(19(27)26(3)21(14-22)12-6-5-7-13-21)29-20-24-23-18(25(20)2)16-8-10-17(28-4)11-9-16/h8-11,15H,5-7,12-13H2,1-4H3/t15-/m0/s1. The predicted molar refractivity (Wildman–Crippen MR) is 113 cm³/mol. The lowest BCUT2D eigenvalue weighted by Crippen LogP contribution is -2.52. The number of methoxy groups -OCH3 is 1. The third-order valence-corrected chi connectivity index (χ3v) is 6.80. The van der Waals surface area contributed by atoms with Crippen molar-refractivity contribution in [3.8, 4) is 23.2 Å². The van der Waals surface area contributed by atoms with Crippen LogP contribution in [0.15, 0.2) is 29.4 Å². The van der Waals surface area contributed by atoms with E-state index in [2.05, 4.69) is 16.3 Å². The third kappa shape index (κ3) is 4.25. The molecule has 1 aromatic carbocycles. The molecule has 0 bridgehead atoms. The Hall–Kier alpha value is -2.53. The molecule has 0 aliphatic heterocycles. The molecule has 1 fully saturated rings. The molecule has 3 rings (SSSR count). The highest BCUT2D eigenvalue weighted by Crippen LogP contribution is 2.34. The first kappa shape index (κ1) is 21.2. The molecule has 0 spiro atoms. The average molecular weight is 414 g/mol. The minimum Gasteiger partial charge on any atom is -0.497 e. The number of ether oxygens (including phenoxy) is 1. The van der Waals surface area contributed by atoms with Gasteiger partial charge in [-0.1, -0.05) is 31.0 Å². The van der Waals surface area contributed by atoms with E-state index in [1.54, 1.807) is 19.1 Å². The summed E-state index contributed by atoms with van der Waals surface area (Å²) in [5.41, 5.74) is 0.243. The number of nitriles is 1. The molecular weight excluding hydrogens is 386 g/mol. The minimum atomic E-state index is -0.682. The van der Waals surface area contributed by atoms with Crippen LogP contribution in [0.2, 0.25) is 0 Å². The fourth-order valence-corrected chi connectivity index (χ4v) is 4.67. The molecule has 154 valence electrons. The molecule has 1 atom stereocenters. The second-order valence-corrected chi connectivity index (χ2v) is 8.76. The molecule has 0 saturated heterocycles. The van der Waals surface area contributed by atoms with E-state index in [4.69, 9.17) is 4.74 Å². The highest BCUT2D eigenvalue weighted by Gasteiger charge is 2.40. The van der Waals surface area contributed by atoms with Crippen LogP contribution in [0.25, 0.3) is 11.4 Å². The number of carbonyl (C=O) groups is 1. The van der Waals surface area contributed by atoms with Crippen LogP contribution in [-0.2, 0) is 11.8 Å². The van der Waals surface area contributed by atoms with E-state index in [9.17, 15) is 10.1 Å². The second kappa shape index (κ2) is 8.87. The van der Waals surface area contributed by atoms with Gasteiger partial charge in [-0.3, -0.25) is 4.79 Å². The van der Waals surface area contributed by atoms with Crippen LogP contribution < -0.4 is 4.74 Å². The van der Waals surface area contributed by atoms with Gasteiger partial charge in [0.05, 0.1) is 18.4 Å². The zero-order valence-corrected chi connectivity index (χ0v) is 18.2. The molecule has 0 N–H and O–H groups in total. The van der Waals surface area contributed by atoms with Crippen molar-refractivity contribution < 1.29 is 9.53 Å². The van der Waals surface area contributed by atoms with E-state index in [-0.39, 0.29) is 11.2 Å². The van der Waals surface area contributed by atoms with E-state index < -0.39 is 5.54 Å². The van der Waals surface area contributed by atoms with Crippen LogP contribution in [0.1, 0.15) is 39.0 Å². The zero-order chi connectivity index (χ0) is 21.0. The highest BCUT2D eigenvalue weighted by molar-refractivity contribution is 8.00. The Labute approximate surface area is 176 Å². The largest absolute Gasteiger partial charge is 0.497 e. The Morgan fingerprint density at radius 2 is 1.93 bits per heavy atom. The molecule has 1 aliphatic carbocycles. The number of hydrogen-bond acceptors (Lipinski definition) is 6. The maximum Gasteiger partial charge on any atom is 0.236 e. The number of aromatic nitrogens is 3. The quantitative estimate of drug-likeness (QED) is 0.672. The SMILES string of the molecule is COc1ccc(-c2nnc(S[C@@H](C)C(=O)N(C)C3(C#N)CCCCC3)n2C)cc1. The van der Waals surface area contributed by atoms with Crippen molar-refractivity contribution in [3.63, 3.8) is 0 Å². The third-order valence-electron chi connectivity index (χ3n) is 5.67. The lowest BCUT2D eigenvalue weighted by molar-refractivity contribution is -0.133. The molecule has 1 aromatic heterocycles. The molecule has 8 heteroatoms. The lowest BCUT2D eigenvalue weighted by atomic mass is 9.81. The Morgan fingerprint density at radius 1 is 1.28 bits per heavy atom. The maximum absolute atomic E-state index is 13.1. The number of nitrogens with zero attached hydrogens (tertiary/aromatic N) is 5. The number of benzene rings is 1. The summed E-state index contributed by atoms with van der Waals surface area (Å²) in [6, 6.07) is 10.0. The minimum absolute atomic E-state index is 0.0487. The summed E-state index contributed by atoms with van der Waals surface area (Å²) in [4.78, 5) is 14.7. The smallest absolute Gasteiger partial charge is 0.236 e. The molecule has 7 nitrogen and oxygen atoms in total. The van der Waals surface area contributed by atoms with Gasteiger partial charge in [0.2, 0.25) is 5.91 Å². The zero-order valence-electron chi connectivity index (χ0n) is 17.4. The Balaban J connectivity index is 1.73. The molecule has 0 unspecified atom stereocenters. The summed E-state index contributed by atoms with van der Waals surface area (Å²) >= 11 is 1.37. The van der Waals surface area contributed by atoms with Crippen LogP contribution in [0.4, 0.5) is 0 Å². The van der Waals surface area contributed by atoms with E-state index in [0.29, 0.717) is 5.16 Å². The van der Waals surface area contributed by atoms with Crippen molar-refractivity contribution in [2.24, 2.45) is 7.05 Å². The number of thioether (sulfide) groups is 1. The van der Waals surface area contributed by atoms with E-state index in [1.807, 2.05) is 42.8 Å². The van der Waals surface area contributed by atoms with Crippen molar-refractivity contribution in [3.05, 3.63) is 24.3 Å². The van der Waals surface area contributed by atoms with Gasteiger partial charge in [0.1, 0.15) is 11.3 Å². The topological polar surface area (TPSA) is 84.0 Å². The molecule has 1 aliphatic rings. The van der Waals surface area contributed by atoms with Gasteiger partial charge in [-0.15, -0.1) is 10.2 Å². The van der Waals surface area contributed by atoms with Gasteiger partial charge >= 0.3 is 0 Å². The monoisotopic (exact) mass is 413 g/mol. The molecule has 1 saturated carbocycles. The Kier molecular flexibility index (Phi) is 6.48. The summed E-state index contributed by atoms with van der Waals surface area (Å²) in [5.74, 6) is 1.46. The fraction of sp³-hybridized carbons (Fsp3) is 0.524. The number of hydrogen-bond donors (Lipinski definition) is 0. The molecular formula is C21H27N5O2S. The second-order valence-electron chi connectivity index (χ2n) is 7.46. The van der Waals surface area contributed by atoms with Crippen molar-refractivity contribution in [1.29, 1.82) is 5.26 Å². The first-order valence-electron chi connectivity index (χ1n) is 9.81. The van der Waals surface area contributed by atoms with Gasteiger partial charge in [-0.05, 0) is 44.0 Å². The van der Waals surface area contributed by atoms with Crippen molar-refractivity contribution in [2.45, 2.75) is 55.0 Å². The Bertz CT molecular complexity index is 897. The molecule has 1 amide bonds. The molecule has 0 radical (unpaired) electrons. The molecule has 1 heterocycles.